The summed E-state index contributed by atoms with van der Waals surface area (Å²) >= 11 is 6.52. The maximum Gasteiger partial charge on any atom is 0.313 e. The number of halogens is 2. The summed E-state index contributed by atoms with van der Waals surface area (Å²) in [7, 11) is 1.41. The Morgan fingerprint density at radius 3 is 2.35 bits per heavy atom. The van der Waals surface area contributed by atoms with Gasteiger partial charge < -0.3 is 4.74 Å². The molecule has 1 aliphatic carbocycles. The third kappa shape index (κ3) is 5.14. The van der Waals surface area contributed by atoms with Gasteiger partial charge in [0.25, 0.3) is 0 Å². The fraction of sp³-hybridized carbons (Fsp3) is 0.542. The van der Waals surface area contributed by atoms with E-state index in [9.17, 15) is 14.4 Å². The SMILES string of the molecule is COC(=O)C(CC1CCCC1)c1cn(C(=O)C(C)(C)C)c2cc(C(=O)C(Br)Br)ccc12. The highest BCUT2D eigenvalue weighted by Crippen LogP contribution is 2.39. The number of esters is 1. The van der Waals surface area contributed by atoms with Crippen LogP contribution in [0.5, 0.6) is 0 Å². The molecule has 1 fully saturated rings. The van der Waals surface area contributed by atoms with E-state index in [-0.39, 0.29) is 17.7 Å². The van der Waals surface area contributed by atoms with E-state index in [4.69, 9.17) is 4.74 Å². The lowest BCUT2D eigenvalue weighted by atomic mass is 9.87. The zero-order valence-corrected chi connectivity index (χ0v) is 21.6. The fourth-order valence-corrected chi connectivity index (χ4v) is 4.94. The van der Waals surface area contributed by atoms with Gasteiger partial charge in [-0.05, 0) is 24.0 Å². The largest absolute Gasteiger partial charge is 0.469 e. The number of methoxy groups -OCH3 is 1. The van der Waals surface area contributed by atoms with Crippen LogP contribution in [0.3, 0.4) is 0 Å². The Hall–Kier alpha value is -1.47. The molecule has 3 rings (SSSR count). The molecule has 0 aliphatic heterocycles. The number of nitrogens with zero attached hydrogens (tertiary/aromatic N) is 1. The van der Waals surface area contributed by atoms with Gasteiger partial charge in [0.05, 0.1) is 18.5 Å². The van der Waals surface area contributed by atoms with E-state index in [1.807, 2.05) is 26.8 Å². The molecule has 1 aromatic heterocycles. The van der Waals surface area contributed by atoms with Gasteiger partial charge in [-0.2, -0.15) is 0 Å². The number of alkyl halides is 2. The maximum atomic E-state index is 13.3. The highest BCUT2D eigenvalue weighted by molar-refractivity contribution is 9.25. The number of carbonyl (C=O) groups excluding carboxylic acids is 3. The van der Waals surface area contributed by atoms with Crippen LogP contribution in [0.2, 0.25) is 0 Å². The van der Waals surface area contributed by atoms with Crippen molar-refractivity contribution in [3.63, 3.8) is 0 Å². The number of Topliss-reactive ketones (excluding diaryl/α,β-unsaturated/α-hetero) is 1. The molecule has 0 spiro atoms. The summed E-state index contributed by atoms with van der Waals surface area (Å²) < 4.78 is 6.25. The van der Waals surface area contributed by atoms with E-state index in [2.05, 4.69) is 31.9 Å². The average Bonchev–Trinajstić information content (AvgIpc) is 3.36. The number of hydrogen-bond acceptors (Lipinski definition) is 4. The molecule has 1 saturated carbocycles. The number of fused-ring (bicyclic) bond motifs is 1. The lowest BCUT2D eigenvalue weighted by Crippen LogP contribution is -2.26. The number of ketones is 1. The van der Waals surface area contributed by atoms with Crippen molar-refractivity contribution in [1.29, 1.82) is 0 Å². The van der Waals surface area contributed by atoms with Crippen LogP contribution in [0.1, 0.15) is 79.5 Å². The Balaban J connectivity index is 2.18. The minimum atomic E-state index is -0.622. The third-order valence-corrected chi connectivity index (χ3v) is 6.92. The fourth-order valence-electron chi connectivity index (χ4n) is 4.41. The van der Waals surface area contributed by atoms with Gasteiger partial charge in [-0.3, -0.25) is 19.0 Å². The molecule has 0 amide bonds. The predicted octanol–water partition coefficient (Wildman–Crippen LogP) is 6.46. The molecule has 1 aromatic carbocycles. The number of carbonyl (C=O) groups is 3. The molecule has 0 radical (unpaired) electrons. The van der Waals surface area contributed by atoms with Crippen LogP contribution in [0.25, 0.3) is 10.9 Å². The number of rotatable bonds is 6. The third-order valence-electron chi connectivity index (χ3n) is 6.08. The van der Waals surface area contributed by atoms with E-state index >= 15 is 0 Å². The second kappa shape index (κ2) is 9.57. The summed E-state index contributed by atoms with van der Waals surface area (Å²) in [5, 5.41) is 0.809. The van der Waals surface area contributed by atoms with E-state index < -0.39 is 15.1 Å². The summed E-state index contributed by atoms with van der Waals surface area (Å²) in [6.45, 7) is 5.58. The number of aromatic nitrogens is 1. The van der Waals surface area contributed by atoms with E-state index in [1.54, 1.807) is 22.9 Å². The van der Waals surface area contributed by atoms with Crippen LogP contribution >= 0.6 is 31.9 Å². The van der Waals surface area contributed by atoms with Crippen LogP contribution in [-0.2, 0) is 9.53 Å². The number of hydrogen-bond donors (Lipinski definition) is 0. The molecular weight excluding hydrogens is 526 g/mol. The number of benzene rings is 1. The van der Waals surface area contributed by atoms with E-state index in [0.717, 1.165) is 23.8 Å². The lowest BCUT2D eigenvalue weighted by molar-refractivity contribution is -0.142. The Labute approximate surface area is 200 Å². The lowest BCUT2D eigenvalue weighted by Gasteiger charge is -2.19. The molecule has 0 N–H and O–H groups in total. The molecule has 0 saturated heterocycles. The summed E-state index contributed by atoms with van der Waals surface area (Å²) in [5.74, 6) is -0.465. The van der Waals surface area contributed by atoms with Gasteiger partial charge in [0.15, 0.2) is 5.78 Å². The van der Waals surface area contributed by atoms with Gasteiger partial charge in [-0.25, -0.2) is 0 Å². The predicted molar refractivity (Wildman–Crippen MR) is 129 cm³/mol. The minimum absolute atomic E-state index is 0.0907. The molecule has 7 heteroatoms. The van der Waals surface area contributed by atoms with Crippen molar-refractivity contribution in [2.45, 2.75) is 62.5 Å². The van der Waals surface area contributed by atoms with Crippen molar-refractivity contribution in [2.75, 3.05) is 7.11 Å². The molecule has 1 heterocycles. The first kappa shape index (κ1) is 24.2. The second-order valence-electron chi connectivity index (χ2n) is 9.37. The zero-order chi connectivity index (χ0) is 22.9. The van der Waals surface area contributed by atoms with Crippen molar-refractivity contribution >= 4 is 60.4 Å². The van der Waals surface area contributed by atoms with Crippen molar-refractivity contribution in [3.8, 4) is 0 Å². The molecule has 1 atom stereocenters. The Morgan fingerprint density at radius 1 is 1.16 bits per heavy atom. The highest BCUT2D eigenvalue weighted by Gasteiger charge is 2.32. The first-order valence-electron chi connectivity index (χ1n) is 10.6. The van der Waals surface area contributed by atoms with Crippen LogP contribution < -0.4 is 0 Å². The summed E-state index contributed by atoms with van der Waals surface area (Å²) in [6.07, 6.45) is 7.10. The summed E-state index contributed by atoms with van der Waals surface area (Å²) in [5.41, 5.74) is 1.30. The van der Waals surface area contributed by atoms with Crippen LogP contribution in [0, 0.1) is 11.3 Å². The van der Waals surface area contributed by atoms with Gasteiger partial charge in [0, 0.05) is 22.6 Å². The Bertz CT molecular complexity index is 997. The molecule has 168 valence electrons. The molecule has 0 bridgehead atoms. The summed E-state index contributed by atoms with van der Waals surface area (Å²) in [6, 6.07) is 5.33. The average molecular weight is 555 g/mol. The van der Waals surface area contributed by atoms with Crippen LogP contribution in [0.15, 0.2) is 24.4 Å². The van der Waals surface area contributed by atoms with Crippen molar-refractivity contribution in [2.24, 2.45) is 11.3 Å². The molecule has 1 unspecified atom stereocenters. The molecule has 1 aliphatic rings. The standard InChI is InChI=1S/C24H29Br2NO4/c1-24(2,3)23(30)27-13-18(17(22(29)31-4)11-14-7-5-6-8-14)16-10-9-15(12-19(16)27)20(28)21(25)26/h9-10,12-14,17,21H,5-8,11H2,1-4H3. The van der Waals surface area contributed by atoms with Crippen LogP contribution in [0.4, 0.5) is 0 Å². The highest BCUT2D eigenvalue weighted by atomic mass is 79.9. The quantitative estimate of drug-likeness (QED) is 0.233. The number of ether oxygens (including phenoxy) is 1. The first-order valence-corrected chi connectivity index (χ1v) is 12.5. The van der Waals surface area contributed by atoms with Crippen molar-refractivity contribution in [1.82, 2.24) is 4.57 Å². The second-order valence-corrected chi connectivity index (χ2v) is 12.4. The minimum Gasteiger partial charge on any atom is -0.469 e. The topological polar surface area (TPSA) is 65.4 Å². The van der Waals surface area contributed by atoms with Gasteiger partial charge >= 0.3 is 5.97 Å². The molecule has 5 nitrogen and oxygen atoms in total. The Kier molecular flexibility index (Phi) is 7.47. The Morgan fingerprint density at radius 2 is 1.81 bits per heavy atom. The smallest absolute Gasteiger partial charge is 0.313 e. The molecular formula is C24H29Br2NO4. The van der Waals surface area contributed by atoms with Gasteiger partial charge in [0.2, 0.25) is 5.91 Å². The van der Waals surface area contributed by atoms with Crippen LogP contribution in [-0.4, -0.2) is 33.1 Å². The first-order chi connectivity index (χ1) is 14.5. The van der Waals surface area contributed by atoms with Gasteiger partial charge in [-0.1, -0.05) is 90.4 Å². The van der Waals surface area contributed by atoms with Crippen molar-refractivity contribution < 1.29 is 19.1 Å². The monoisotopic (exact) mass is 553 g/mol. The van der Waals surface area contributed by atoms with Crippen molar-refractivity contribution in [3.05, 3.63) is 35.5 Å². The van der Waals surface area contributed by atoms with Gasteiger partial charge in [-0.15, -0.1) is 0 Å². The summed E-state index contributed by atoms with van der Waals surface area (Å²) in [4.78, 5) is 38.6. The van der Waals surface area contributed by atoms with Gasteiger partial charge in [0.1, 0.15) is 3.74 Å². The molecule has 31 heavy (non-hydrogen) atoms. The van der Waals surface area contributed by atoms with E-state index in [0.29, 0.717) is 23.4 Å². The zero-order valence-electron chi connectivity index (χ0n) is 18.4. The maximum absolute atomic E-state index is 13.3. The normalized spacial score (nSPS) is 16.1. The van der Waals surface area contributed by atoms with E-state index in [1.165, 1.54) is 20.0 Å². The molecule has 2 aromatic rings.